The van der Waals surface area contributed by atoms with Crippen LogP contribution in [-0.2, 0) is 24.9 Å². The molecule has 2 aromatic heterocycles. The molecule has 0 aliphatic carbocycles. The van der Waals surface area contributed by atoms with E-state index in [0.29, 0.717) is 19.5 Å². The first-order valence-corrected chi connectivity index (χ1v) is 6.77. The van der Waals surface area contributed by atoms with Crippen LogP contribution in [0.15, 0.2) is 23.1 Å². The third kappa shape index (κ3) is 3.92. The smallest absolute Gasteiger partial charge is 0.222 e. The maximum atomic E-state index is 11.7. The molecule has 0 unspecified atom stereocenters. The summed E-state index contributed by atoms with van der Waals surface area (Å²) in [6.45, 7) is 3.00. The molecule has 1 amide bonds. The molecule has 2 heterocycles. The van der Waals surface area contributed by atoms with Crippen molar-refractivity contribution in [3.05, 3.63) is 34.3 Å². The van der Waals surface area contributed by atoms with Crippen LogP contribution >= 0.6 is 15.9 Å². The Morgan fingerprint density at radius 2 is 2.26 bits per heavy atom. The van der Waals surface area contributed by atoms with E-state index in [0.717, 1.165) is 15.7 Å². The molecule has 0 saturated carbocycles. The van der Waals surface area contributed by atoms with E-state index in [9.17, 15) is 4.79 Å². The van der Waals surface area contributed by atoms with Gasteiger partial charge in [0.25, 0.3) is 0 Å². The highest BCUT2D eigenvalue weighted by atomic mass is 79.9. The molecular formula is C12H16BrN5O. The Morgan fingerprint density at radius 1 is 1.47 bits per heavy atom. The van der Waals surface area contributed by atoms with Crippen LogP contribution in [0.1, 0.15) is 17.7 Å². The van der Waals surface area contributed by atoms with Gasteiger partial charge in [0.2, 0.25) is 5.91 Å². The average Bonchev–Trinajstić information content (AvgIpc) is 2.91. The molecule has 0 aliphatic heterocycles. The van der Waals surface area contributed by atoms with Crippen molar-refractivity contribution in [1.29, 1.82) is 0 Å². The predicted octanol–water partition coefficient (Wildman–Crippen LogP) is 1.39. The monoisotopic (exact) mass is 325 g/mol. The SMILES string of the molecule is Cc1nn(CCC(=O)NCc2cnn(C)c2)cc1Br. The highest BCUT2D eigenvalue weighted by Gasteiger charge is 2.05. The Bertz CT molecular complexity index is 555. The third-order valence-electron chi connectivity index (χ3n) is 2.70. The van der Waals surface area contributed by atoms with E-state index < -0.39 is 0 Å². The van der Waals surface area contributed by atoms with Gasteiger partial charge in [-0.1, -0.05) is 0 Å². The molecule has 1 N–H and O–H groups in total. The quantitative estimate of drug-likeness (QED) is 0.903. The highest BCUT2D eigenvalue weighted by Crippen LogP contribution is 2.13. The van der Waals surface area contributed by atoms with Crippen LogP contribution in [-0.4, -0.2) is 25.5 Å². The van der Waals surface area contributed by atoms with Crippen molar-refractivity contribution in [2.24, 2.45) is 7.05 Å². The second-order valence-corrected chi connectivity index (χ2v) is 5.23. The van der Waals surface area contributed by atoms with Crippen molar-refractivity contribution in [3.63, 3.8) is 0 Å². The Kier molecular flexibility index (Phi) is 4.36. The molecule has 0 bridgehead atoms. The van der Waals surface area contributed by atoms with Crippen LogP contribution in [0.3, 0.4) is 0 Å². The molecule has 2 rings (SSSR count). The lowest BCUT2D eigenvalue weighted by Crippen LogP contribution is -2.23. The Labute approximate surface area is 119 Å². The first-order valence-electron chi connectivity index (χ1n) is 5.98. The second kappa shape index (κ2) is 6.01. The van der Waals surface area contributed by atoms with Gasteiger partial charge in [0.15, 0.2) is 0 Å². The fourth-order valence-electron chi connectivity index (χ4n) is 1.68. The van der Waals surface area contributed by atoms with Gasteiger partial charge in [-0.15, -0.1) is 0 Å². The number of nitrogens with zero attached hydrogens (tertiary/aromatic N) is 4. The second-order valence-electron chi connectivity index (χ2n) is 4.37. The van der Waals surface area contributed by atoms with Crippen LogP contribution in [0.2, 0.25) is 0 Å². The van der Waals surface area contributed by atoms with Gasteiger partial charge in [-0.3, -0.25) is 14.2 Å². The first-order chi connectivity index (χ1) is 9.04. The van der Waals surface area contributed by atoms with Gasteiger partial charge in [0.1, 0.15) is 0 Å². The first kappa shape index (κ1) is 13.8. The van der Waals surface area contributed by atoms with Gasteiger partial charge in [-0.25, -0.2) is 0 Å². The lowest BCUT2D eigenvalue weighted by molar-refractivity contribution is -0.121. The van der Waals surface area contributed by atoms with Crippen LogP contribution in [0.25, 0.3) is 0 Å². The largest absolute Gasteiger partial charge is 0.352 e. The fraction of sp³-hybridized carbons (Fsp3) is 0.417. The topological polar surface area (TPSA) is 64.7 Å². The van der Waals surface area contributed by atoms with Crippen LogP contribution < -0.4 is 5.32 Å². The highest BCUT2D eigenvalue weighted by molar-refractivity contribution is 9.10. The Balaban J connectivity index is 1.75. The number of hydrogen-bond acceptors (Lipinski definition) is 3. The minimum Gasteiger partial charge on any atom is -0.352 e. The normalized spacial score (nSPS) is 10.7. The number of carbonyl (C=O) groups is 1. The summed E-state index contributed by atoms with van der Waals surface area (Å²) in [7, 11) is 1.85. The molecule has 0 aliphatic rings. The molecule has 7 heteroatoms. The van der Waals surface area contributed by atoms with Crippen molar-refractivity contribution >= 4 is 21.8 Å². The van der Waals surface area contributed by atoms with Crippen LogP contribution in [0.5, 0.6) is 0 Å². The minimum atomic E-state index is 0.00753. The standard InChI is InChI=1S/C12H16BrN5O/c1-9-11(13)8-18(16-9)4-3-12(19)14-5-10-6-15-17(2)7-10/h6-8H,3-5H2,1-2H3,(H,14,19). The molecular weight excluding hydrogens is 310 g/mol. The van der Waals surface area contributed by atoms with E-state index in [1.54, 1.807) is 15.6 Å². The van der Waals surface area contributed by atoms with Crippen LogP contribution in [0.4, 0.5) is 0 Å². The van der Waals surface area contributed by atoms with E-state index in [4.69, 9.17) is 0 Å². The average molecular weight is 326 g/mol. The Morgan fingerprint density at radius 3 is 2.84 bits per heavy atom. The Hall–Kier alpha value is -1.63. The van der Waals surface area contributed by atoms with Crippen molar-refractivity contribution in [3.8, 4) is 0 Å². The summed E-state index contributed by atoms with van der Waals surface area (Å²) in [5.41, 5.74) is 1.92. The van der Waals surface area contributed by atoms with E-state index >= 15 is 0 Å². The van der Waals surface area contributed by atoms with Crippen LogP contribution in [0, 0.1) is 6.92 Å². The van der Waals surface area contributed by atoms with E-state index in [1.165, 1.54) is 0 Å². The summed E-state index contributed by atoms with van der Waals surface area (Å²) < 4.78 is 4.44. The molecule has 2 aromatic rings. The summed E-state index contributed by atoms with van der Waals surface area (Å²) in [6, 6.07) is 0. The predicted molar refractivity (Wildman–Crippen MR) is 74.3 cm³/mol. The summed E-state index contributed by atoms with van der Waals surface area (Å²) in [4.78, 5) is 11.7. The number of nitrogens with one attached hydrogen (secondary N) is 1. The number of hydrogen-bond donors (Lipinski definition) is 1. The lowest BCUT2D eigenvalue weighted by atomic mass is 10.3. The van der Waals surface area contributed by atoms with Gasteiger partial charge < -0.3 is 5.32 Å². The van der Waals surface area contributed by atoms with Crippen molar-refractivity contribution in [2.45, 2.75) is 26.4 Å². The number of aryl methyl sites for hydroxylation is 3. The molecule has 19 heavy (non-hydrogen) atoms. The van der Waals surface area contributed by atoms with Gasteiger partial charge in [0, 0.05) is 44.5 Å². The molecule has 0 spiro atoms. The van der Waals surface area contributed by atoms with Crippen molar-refractivity contribution in [2.75, 3.05) is 0 Å². The van der Waals surface area contributed by atoms with Gasteiger partial charge in [0.05, 0.1) is 16.4 Å². The molecule has 0 fully saturated rings. The zero-order chi connectivity index (χ0) is 13.8. The number of carbonyl (C=O) groups excluding carboxylic acids is 1. The zero-order valence-electron chi connectivity index (χ0n) is 10.9. The zero-order valence-corrected chi connectivity index (χ0v) is 12.5. The molecule has 0 radical (unpaired) electrons. The molecule has 0 saturated heterocycles. The number of rotatable bonds is 5. The maximum Gasteiger partial charge on any atom is 0.222 e. The fourth-order valence-corrected chi connectivity index (χ4v) is 1.99. The van der Waals surface area contributed by atoms with Gasteiger partial charge >= 0.3 is 0 Å². The van der Waals surface area contributed by atoms with E-state index in [1.807, 2.05) is 26.4 Å². The summed E-state index contributed by atoms with van der Waals surface area (Å²) in [6.07, 6.45) is 5.92. The molecule has 0 atom stereocenters. The van der Waals surface area contributed by atoms with Gasteiger partial charge in [-0.05, 0) is 22.9 Å². The lowest BCUT2D eigenvalue weighted by Gasteiger charge is -2.03. The van der Waals surface area contributed by atoms with E-state index in [-0.39, 0.29) is 5.91 Å². The number of halogens is 1. The third-order valence-corrected chi connectivity index (χ3v) is 3.48. The number of aromatic nitrogens is 4. The van der Waals surface area contributed by atoms with Gasteiger partial charge in [-0.2, -0.15) is 10.2 Å². The van der Waals surface area contributed by atoms with E-state index in [2.05, 4.69) is 31.4 Å². The van der Waals surface area contributed by atoms with Crippen molar-refractivity contribution < 1.29 is 4.79 Å². The number of amides is 1. The minimum absolute atomic E-state index is 0.00753. The molecule has 102 valence electrons. The summed E-state index contributed by atoms with van der Waals surface area (Å²) in [5, 5.41) is 11.2. The van der Waals surface area contributed by atoms with Crippen molar-refractivity contribution in [1.82, 2.24) is 24.9 Å². The molecule has 0 aromatic carbocycles. The summed E-state index contributed by atoms with van der Waals surface area (Å²) in [5.74, 6) is 0.00753. The summed E-state index contributed by atoms with van der Waals surface area (Å²) >= 11 is 3.39. The molecule has 6 nitrogen and oxygen atoms in total. The maximum absolute atomic E-state index is 11.7.